The van der Waals surface area contributed by atoms with Crippen LogP contribution in [0.1, 0.15) is 42.1 Å². The summed E-state index contributed by atoms with van der Waals surface area (Å²) in [4.78, 5) is 0. The van der Waals surface area contributed by atoms with Gasteiger partial charge in [0.2, 0.25) is 0 Å². The van der Waals surface area contributed by atoms with Crippen LogP contribution in [0.2, 0.25) is 0 Å². The highest BCUT2D eigenvalue weighted by Crippen LogP contribution is 2.42. The van der Waals surface area contributed by atoms with E-state index in [4.69, 9.17) is 0 Å². The van der Waals surface area contributed by atoms with Crippen LogP contribution < -0.4 is 5.32 Å². The monoisotopic (exact) mass is 333 g/mol. The van der Waals surface area contributed by atoms with Crippen LogP contribution in [0.25, 0.3) is 0 Å². The molecule has 0 amide bonds. The van der Waals surface area contributed by atoms with Gasteiger partial charge in [-0.05, 0) is 46.4 Å². The number of likely N-dealkylation sites (N-methyl/N-ethyl adjacent to an activating group) is 1. The van der Waals surface area contributed by atoms with Crippen LogP contribution in [0, 0.1) is 0 Å². The van der Waals surface area contributed by atoms with Gasteiger partial charge in [0.05, 0.1) is 22.4 Å². The average molecular weight is 334 g/mol. The lowest BCUT2D eigenvalue weighted by molar-refractivity contribution is 0.426. The molecule has 0 saturated carbocycles. The first-order valence-corrected chi connectivity index (χ1v) is 8.00. The highest BCUT2D eigenvalue weighted by molar-refractivity contribution is 9.10. The fraction of sp³-hybridized carbons (Fsp3) is 0.438. The molecule has 0 fully saturated rings. The van der Waals surface area contributed by atoms with Crippen LogP contribution in [0.5, 0.6) is 0 Å². The molecule has 3 rings (SSSR count). The van der Waals surface area contributed by atoms with Crippen LogP contribution in [0.4, 0.5) is 0 Å². The average Bonchev–Trinajstić information content (AvgIpc) is 3.01. The number of rotatable bonds is 4. The molecule has 20 heavy (non-hydrogen) atoms. The molecule has 1 aromatic carbocycles. The molecule has 2 aromatic rings. The van der Waals surface area contributed by atoms with Crippen molar-refractivity contribution >= 4 is 15.9 Å². The maximum absolute atomic E-state index is 4.38. The number of benzene rings is 1. The fourth-order valence-corrected chi connectivity index (χ4v) is 3.95. The van der Waals surface area contributed by atoms with Gasteiger partial charge in [0.1, 0.15) is 0 Å². The molecule has 1 aliphatic carbocycles. The Hall–Kier alpha value is -1.13. The lowest BCUT2D eigenvalue weighted by Crippen LogP contribution is -2.28. The molecule has 0 bridgehead atoms. The fourth-order valence-electron chi connectivity index (χ4n) is 3.36. The Morgan fingerprint density at radius 1 is 1.45 bits per heavy atom. The number of aromatic nitrogens is 2. The summed E-state index contributed by atoms with van der Waals surface area (Å²) < 4.78 is 3.08. The normalized spacial score (nSPS) is 19.1. The van der Waals surface area contributed by atoms with E-state index in [1.807, 2.05) is 17.9 Å². The molecule has 1 heterocycles. The smallest absolute Gasteiger partial charge is 0.0698 e. The Morgan fingerprint density at radius 3 is 2.95 bits per heavy atom. The van der Waals surface area contributed by atoms with Crippen molar-refractivity contribution in [1.82, 2.24) is 15.1 Å². The predicted molar refractivity (Wildman–Crippen MR) is 84.8 cm³/mol. The molecule has 3 nitrogen and oxygen atoms in total. The van der Waals surface area contributed by atoms with Crippen LogP contribution in [-0.4, -0.2) is 16.3 Å². The molecule has 0 aliphatic heterocycles. The highest BCUT2D eigenvalue weighted by Gasteiger charge is 2.32. The number of nitrogens with zero attached hydrogens (tertiary/aromatic N) is 2. The van der Waals surface area contributed by atoms with E-state index in [1.165, 1.54) is 29.7 Å². The third kappa shape index (κ3) is 2.31. The predicted octanol–water partition coefficient (Wildman–Crippen LogP) is 3.56. The molecule has 1 N–H and O–H groups in total. The maximum Gasteiger partial charge on any atom is 0.0698 e. The molecule has 0 saturated heterocycles. The summed E-state index contributed by atoms with van der Waals surface area (Å²) in [6.07, 6.45) is 4.27. The Labute approximate surface area is 128 Å². The third-order valence-corrected chi connectivity index (χ3v) is 4.85. The number of halogens is 1. The molecule has 2 atom stereocenters. The van der Waals surface area contributed by atoms with Crippen molar-refractivity contribution in [3.05, 3.63) is 51.8 Å². The molecular formula is C16H20BrN3. The van der Waals surface area contributed by atoms with E-state index in [9.17, 15) is 0 Å². The summed E-state index contributed by atoms with van der Waals surface area (Å²) in [5.41, 5.74) is 4.23. The molecule has 1 aromatic heterocycles. The number of fused-ring (bicyclic) bond motifs is 1. The van der Waals surface area contributed by atoms with Crippen molar-refractivity contribution in [3.8, 4) is 0 Å². The van der Waals surface area contributed by atoms with Gasteiger partial charge < -0.3 is 5.32 Å². The molecular weight excluding hydrogens is 314 g/mol. The molecule has 1 aliphatic rings. The van der Waals surface area contributed by atoms with E-state index < -0.39 is 0 Å². The zero-order valence-corrected chi connectivity index (χ0v) is 13.5. The zero-order valence-electron chi connectivity index (χ0n) is 11.9. The summed E-state index contributed by atoms with van der Waals surface area (Å²) in [5.74, 6) is 0.526. The largest absolute Gasteiger partial charge is 0.308 e. The van der Waals surface area contributed by atoms with E-state index >= 15 is 0 Å². The first-order chi connectivity index (χ1) is 9.72. The lowest BCUT2D eigenvalue weighted by atomic mass is 9.91. The first-order valence-electron chi connectivity index (χ1n) is 7.21. The summed E-state index contributed by atoms with van der Waals surface area (Å²) in [6, 6.07) is 9.14. The molecule has 106 valence electrons. The van der Waals surface area contributed by atoms with Crippen LogP contribution in [0.15, 0.2) is 34.9 Å². The minimum Gasteiger partial charge on any atom is -0.308 e. The number of hydrogen-bond donors (Lipinski definition) is 1. The zero-order chi connectivity index (χ0) is 14.1. The summed E-state index contributed by atoms with van der Waals surface area (Å²) in [6.45, 7) is 3.12. The Morgan fingerprint density at radius 2 is 2.25 bits per heavy atom. The van der Waals surface area contributed by atoms with Crippen molar-refractivity contribution in [2.75, 3.05) is 6.54 Å². The second-order valence-corrected chi connectivity index (χ2v) is 6.24. The van der Waals surface area contributed by atoms with Gasteiger partial charge in [-0.1, -0.05) is 31.2 Å². The standard InChI is InChI=1S/C16H20BrN3/c1-3-18-15(16-14(17)10-19-20(16)2)13-9-8-11-6-4-5-7-12(11)13/h4-7,10,13,15,18H,3,8-9H2,1-2H3. The topological polar surface area (TPSA) is 29.9 Å². The van der Waals surface area contributed by atoms with Gasteiger partial charge in [0, 0.05) is 13.0 Å². The molecule has 2 unspecified atom stereocenters. The van der Waals surface area contributed by atoms with Crippen LogP contribution >= 0.6 is 15.9 Å². The number of aryl methyl sites for hydroxylation is 2. The number of hydrogen-bond acceptors (Lipinski definition) is 2. The van der Waals surface area contributed by atoms with Crippen molar-refractivity contribution in [3.63, 3.8) is 0 Å². The molecule has 4 heteroatoms. The summed E-state index contributed by atoms with van der Waals surface area (Å²) >= 11 is 3.65. The first kappa shape index (κ1) is 13.8. The minimum atomic E-state index is 0.311. The van der Waals surface area contributed by atoms with E-state index in [2.05, 4.69) is 57.5 Å². The Balaban J connectivity index is 2.01. The van der Waals surface area contributed by atoms with E-state index in [0.29, 0.717) is 12.0 Å². The van der Waals surface area contributed by atoms with Gasteiger partial charge in [-0.25, -0.2) is 0 Å². The van der Waals surface area contributed by atoms with E-state index in [0.717, 1.165) is 11.0 Å². The maximum atomic E-state index is 4.38. The van der Waals surface area contributed by atoms with Crippen molar-refractivity contribution < 1.29 is 0 Å². The van der Waals surface area contributed by atoms with Crippen molar-refractivity contribution in [1.29, 1.82) is 0 Å². The van der Waals surface area contributed by atoms with Crippen LogP contribution in [0.3, 0.4) is 0 Å². The highest BCUT2D eigenvalue weighted by atomic mass is 79.9. The minimum absolute atomic E-state index is 0.311. The lowest BCUT2D eigenvalue weighted by Gasteiger charge is -2.26. The Bertz CT molecular complexity index is 586. The molecule has 0 spiro atoms. The second-order valence-electron chi connectivity index (χ2n) is 5.38. The SMILES string of the molecule is CCNC(c1c(Br)cnn1C)C1CCc2ccccc21. The van der Waals surface area contributed by atoms with Gasteiger partial charge >= 0.3 is 0 Å². The Kier molecular flexibility index (Phi) is 3.94. The number of nitrogens with one attached hydrogen (secondary N) is 1. The van der Waals surface area contributed by atoms with Gasteiger partial charge in [0.15, 0.2) is 0 Å². The van der Waals surface area contributed by atoms with Gasteiger partial charge in [-0.2, -0.15) is 5.10 Å². The summed E-state index contributed by atoms with van der Waals surface area (Å²) in [7, 11) is 2.02. The van der Waals surface area contributed by atoms with Crippen molar-refractivity contribution in [2.45, 2.75) is 31.7 Å². The van der Waals surface area contributed by atoms with E-state index in [-0.39, 0.29) is 0 Å². The van der Waals surface area contributed by atoms with Crippen LogP contribution in [-0.2, 0) is 13.5 Å². The van der Waals surface area contributed by atoms with Crippen molar-refractivity contribution in [2.24, 2.45) is 7.05 Å². The molecule has 0 radical (unpaired) electrons. The third-order valence-electron chi connectivity index (χ3n) is 4.24. The van der Waals surface area contributed by atoms with Gasteiger partial charge in [0.25, 0.3) is 0 Å². The van der Waals surface area contributed by atoms with Gasteiger partial charge in [-0.15, -0.1) is 0 Å². The second kappa shape index (κ2) is 5.70. The quantitative estimate of drug-likeness (QED) is 0.926. The van der Waals surface area contributed by atoms with Gasteiger partial charge in [-0.3, -0.25) is 4.68 Å². The summed E-state index contributed by atoms with van der Waals surface area (Å²) in [5, 5.41) is 8.04. The van der Waals surface area contributed by atoms with E-state index in [1.54, 1.807) is 0 Å².